The van der Waals surface area contributed by atoms with Gasteiger partial charge in [-0.2, -0.15) is 5.01 Å². The molecule has 1 fully saturated rings. The average molecular weight is 464 g/mol. The highest BCUT2D eigenvalue weighted by atomic mass is 35.5. The summed E-state index contributed by atoms with van der Waals surface area (Å²) in [6.45, 7) is -0.0364. The summed E-state index contributed by atoms with van der Waals surface area (Å²) in [6.07, 6.45) is 4.75. The van der Waals surface area contributed by atoms with Crippen LogP contribution >= 0.6 is 34.8 Å². The summed E-state index contributed by atoms with van der Waals surface area (Å²) in [5, 5.41) is 3.06. The monoisotopic (exact) mass is 462 g/mol. The number of imide groups is 1. The first-order valence-corrected chi connectivity index (χ1v) is 10.5. The van der Waals surface area contributed by atoms with Gasteiger partial charge >= 0.3 is 0 Å². The molecule has 154 valence electrons. The standard InChI is InChI=1S/C22H17Cl3N2O3/c23-17-8-4-3-7-16(17)20(28)26(12-13-9-10-18(24)19(25)11-13)27-21(29)14-5-1-2-6-15(14)22(27)30/h1-4,7-11,14-15H,5-6,12H2. The number of fused-ring (bicyclic) bond motifs is 1. The minimum atomic E-state index is -0.542. The van der Waals surface area contributed by atoms with E-state index >= 15 is 0 Å². The number of hydrogen-bond donors (Lipinski definition) is 0. The molecule has 1 aliphatic carbocycles. The molecule has 2 aromatic carbocycles. The molecule has 0 radical (unpaired) electrons. The topological polar surface area (TPSA) is 57.7 Å². The molecular formula is C22H17Cl3N2O3. The molecule has 0 aromatic heterocycles. The van der Waals surface area contributed by atoms with Crippen molar-refractivity contribution < 1.29 is 14.4 Å². The highest BCUT2D eigenvalue weighted by molar-refractivity contribution is 6.42. The Hall–Kier alpha value is -2.34. The van der Waals surface area contributed by atoms with Crippen molar-refractivity contribution in [3.05, 3.63) is 80.8 Å². The maximum Gasteiger partial charge on any atom is 0.274 e. The van der Waals surface area contributed by atoms with Crippen LogP contribution < -0.4 is 0 Å². The number of allylic oxidation sites excluding steroid dienone is 2. The quantitative estimate of drug-likeness (QED) is 0.465. The van der Waals surface area contributed by atoms with Gasteiger partial charge in [0, 0.05) is 0 Å². The molecule has 1 saturated heterocycles. The largest absolute Gasteiger partial charge is 0.274 e. The number of rotatable bonds is 4. The summed E-state index contributed by atoms with van der Waals surface area (Å²) in [5.74, 6) is -2.22. The van der Waals surface area contributed by atoms with Gasteiger partial charge < -0.3 is 0 Å². The van der Waals surface area contributed by atoms with Crippen LogP contribution in [0.2, 0.25) is 15.1 Å². The zero-order chi connectivity index (χ0) is 21.4. The maximum absolute atomic E-state index is 13.4. The summed E-state index contributed by atoms with van der Waals surface area (Å²) in [7, 11) is 0. The molecule has 2 aromatic rings. The molecule has 0 bridgehead atoms. The van der Waals surface area contributed by atoms with E-state index in [2.05, 4.69) is 0 Å². The van der Waals surface area contributed by atoms with Crippen molar-refractivity contribution in [3.8, 4) is 0 Å². The number of hydrogen-bond acceptors (Lipinski definition) is 3. The molecule has 0 spiro atoms. The van der Waals surface area contributed by atoms with E-state index < -0.39 is 17.7 Å². The molecule has 1 heterocycles. The Morgan fingerprint density at radius 1 is 0.900 bits per heavy atom. The van der Waals surface area contributed by atoms with E-state index in [0.29, 0.717) is 28.5 Å². The van der Waals surface area contributed by atoms with Gasteiger partial charge in [-0.25, -0.2) is 5.01 Å². The van der Waals surface area contributed by atoms with Gasteiger partial charge in [-0.05, 0) is 42.7 Å². The van der Waals surface area contributed by atoms with Crippen LogP contribution in [0.1, 0.15) is 28.8 Å². The Morgan fingerprint density at radius 2 is 1.53 bits per heavy atom. The molecule has 2 aliphatic rings. The van der Waals surface area contributed by atoms with E-state index in [0.717, 1.165) is 10.0 Å². The van der Waals surface area contributed by atoms with E-state index in [9.17, 15) is 14.4 Å². The highest BCUT2D eigenvalue weighted by Crippen LogP contribution is 2.37. The highest BCUT2D eigenvalue weighted by Gasteiger charge is 2.50. The van der Waals surface area contributed by atoms with Crippen LogP contribution in [-0.4, -0.2) is 27.7 Å². The van der Waals surface area contributed by atoms with Crippen molar-refractivity contribution in [3.63, 3.8) is 0 Å². The molecule has 3 amide bonds. The van der Waals surface area contributed by atoms with Crippen LogP contribution in [-0.2, 0) is 16.1 Å². The van der Waals surface area contributed by atoms with Gasteiger partial charge in [0.15, 0.2) is 0 Å². The smallest absolute Gasteiger partial charge is 0.272 e. The molecule has 0 saturated carbocycles. The van der Waals surface area contributed by atoms with Gasteiger partial charge in [0.1, 0.15) is 0 Å². The van der Waals surface area contributed by atoms with Crippen LogP contribution in [0, 0.1) is 11.8 Å². The van der Waals surface area contributed by atoms with Crippen molar-refractivity contribution in [1.82, 2.24) is 10.0 Å². The second-order valence-corrected chi connectivity index (χ2v) is 8.46. The SMILES string of the molecule is O=C(c1ccccc1Cl)N(Cc1ccc(Cl)c(Cl)c1)N1C(=O)C2CC=CCC2C1=O. The Labute approximate surface area is 188 Å². The lowest BCUT2D eigenvalue weighted by atomic mass is 9.85. The van der Waals surface area contributed by atoms with Crippen molar-refractivity contribution >= 4 is 52.5 Å². The summed E-state index contributed by atoms with van der Waals surface area (Å²) in [4.78, 5) is 39.7. The first-order valence-electron chi connectivity index (χ1n) is 9.41. The van der Waals surface area contributed by atoms with Crippen molar-refractivity contribution in [2.45, 2.75) is 19.4 Å². The lowest BCUT2D eigenvalue weighted by Crippen LogP contribution is -2.49. The van der Waals surface area contributed by atoms with E-state index in [-0.39, 0.29) is 28.9 Å². The fraction of sp³-hybridized carbons (Fsp3) is 0.227. The third kappa shape index (κ3) is 3.73. The number of carbonyl (C=O) groups excluding carboxylic acids is 3. The first kappa shape index (κ1) is 20.9. The van der Waals surface area contributed by atoms with E-state index in [4.69, 9.17) is 34.8 Å². The minimum Gasteiger partial charge on any atom is -0.272 e. The van der Waals surface area contributed by atoms with E-state index in [1.165, 1.54) is 0 Å². The molecule has 1 aliphatic heterocycles. The van der Waals surface area contributed by atoms with Crippen LogP contribution in [0.5, 0.6) is 0 Å². The zero-order valence-electron chi connectivity index (χ0n) is 15.7. The lowest BCUT2D eigenvalue weighted by molar-refractivity contribution is -0.155. The van der Waals surface area contributed by atoms with Crippen LogP contribution in [0.25, 0.3) is 0 Å². The predicted molar refractivity (Wildman–Crippen MR) is 115 cm³/mol. The lowest BCUT2D eigenvalue weighted by Gasteiger charge is -2.31. The molecule has 2 atom stereocenters. The summed E-state index contributed by atoms with van der Waals surface area (Å²) in [6, 6.07) is 11.4. The number of carbonyl (C=O) groups is 3. The Kier molecular flexibility index (Phi) is 5.87. The number of benzene rings is 2. The number of halogens is 3. The normalized spacial score (nSPS) is 20.4. The number of amides is 3. The number of hydrazine groups is 1. The third-order valence-electron chi connectivity index (χ3n) is 5.38. The van der Waals surface area contributed by atoms with Gasteiger partial charge in [0.2, 0.25) is 0 Å². The zero-order valence-corrected chi connectivity index (χ0v) is 18.0. The molecule has 4 rings (SSSR count). The number of nitrogens with zero attached hydrogens (tertiary/aromatic N) is 2. The summed E-state index contributed by atoms with van der Waals surface area (Å²) in [5.41, 5.74) is 0.825. The van der Waals surface area contributed by atoms with Gasteiger partial charge in [-0.3, -0.25) is 14.4 Å². The maximum atomic E-state index is 13.4. The Morgan fingerprint density at radius 3 is 2.13 bits per heavy atom. The Bertz CT molecular complexity index is 1040. The summed E-state index contributed by atoms with van der Waals surface area (Å²) < 4.78 is 0. The van der Waals surface area contributed by atoms with Crippen LogP contribution in [0.15, 0.2) is 54.6 Å². The molecule has 8 heteroatoms. The van der Waals surface area contributed by atoms with Crippen molar-refractivity contribution in [2.75, 3.05) is 0 Å². The average Bonchev–Trinajstić information content (AvgIpc) is 2.99. The first-order chi connectivity index (χ1) is 14.4. The molecular weight excluding hydrogens is 447 g/mol. The molecule has 2 unspecified atom stereocenters. The van der Waals surface area contributed by atoms with E-state index in [1.54, 1.807) is 42.5 Å². The minimum absolute atomic E-state index is 0.0364. The fourth-order valence-electron chi connectivity index (χ4n) is 3.84. The van der Waals surface area contributed by atoms with Crippen molar-refractivity contribution in [1.29, 1.82) is 0 Å². The third-order valence-corrected chi connectivity index (χ3v) is 6.45. The van der Waals surface area contributed by atoms with Gasteiger partial charge in [0.05, 0.1) is 39.0 Å². The van der Waals surface area contributed by atoms with Gasteiger partial charge in [-0.15, -0.1) is 0 Å². The fourth-order valence-corrected chi connectivity index (χ4v) is 4.38. The van der Waals surface area contributed by atoms with Crippen LogP contribution in [0.3, 0.4) is 0 Å². The summed E-state index contributed by atoms with van der Waals surface area (Å²) >= 11 is 18.3. The van der Waals surface area contributed by atoms with Crippen LogP contribution in [0.4, 0.5) is 0 Å². The Balaban J connectivity index is 1.74. The second kappa shape index (κ2) is 8.42. The second-order valence-electron chi connectivity index (χ2n) is 7.24. The molecule has 5 nitrogen and oxygen atoms in total. The van der Waals surface area contributed by atoms with Crippen molar-refractivity contribution in [2.24, 2.45) is 11.8 Å². The molecule has 0 N–H and O–H groups in total. The van der Waals surface area contributed by atoms with E-state index in [1.807, 2.05) is 12.2 Å². The van der Waals surface area contributed by atoms with Gasteiger partial charge in [0.25, 0.3) is 17.7 Å². The molecule has 30 heavy (non-hydrogen) atoms. The predicted octanol–water partition coefficient (Wildman–Crippen LogP) is 5.16. The van der Waals surface area contributed by atoms with Gasteiger partial charge in [-0.1, -0.05) is 65.2 Å².